The zero-order valence-corrected chi connectivity index (χ0v) is 89.5. The van der Waals surface area contributed by atoms with Gasteiger partial charge < -0.3 is 38.5 Å². The number of unbranched alkanes of at least 4 members (excludes halogenated alkanes) is 3. The number of rotatable bonds is 37. The molecule has 0 saturated carbocycles. The van der Waals surface area contributed by atoms with Crippen molar-refractivity contribution >= 4 is 0 Å². The van der Waals surface area contributed by atoms with E-state index in [1.807, 2.05) is 13.2 Å². The Morgan fingerprint density at radius 1 is 0.383 bits per heavy atom. The van der Waals surface area contributed by atoms with E-state index in [2.05, 4.69) is 277 Å². The molecule has 12 heterocycles. The molecule has 0 radical (unpaired) electrons. The molecule has 12 aliphatic rings. The minimum atomic E-state index is 0.0694. The van der Waals surface area contributed by atoms with Gasteiger partial charge in [-0.15, -0.1) is 6.58 Å². The Morgan fingerprint density at radius 3 is 1.21 bits per heavy atom. The minimum Gasteiger partial charge on any atom is -0.375 e. The van der Waals surface area contributed by atoms with Crippen LogP contribution in [-0.4, -0.2) is 292 Å². The van der Waals surface area contributed by atoms with Gasteiger partial charge in [0.1, 0.15) is 18.2 Å². The summed E-state index contributed by atoms with van der Waals surface area (Å²) in [5.41, 5.74) is 1.36. The lowest BCUT2D eigenvalue weighted by molar-refractivity contribution is -0.103. The first kappa shape index (κ1) is 123. The Labute approximate surface area is 798 Å². The lowest BCUT2D eigenvalue weighted by Crippen LogP contribution is -2.42. The van der Waals surface area contributed by atoms with E-state index < -0.39 is 0 Å². The number of hydrogen-bond donors (Lipinski definition) is 0. The Kier molecular flexibility index (Phi) is 78.5. The summed E-state index contributed by atoms with van der Waals surface area (Å²) < 4.78 is 21.0. The van der Waals surface area contributed by atoms with Crippen molar-refractivity contribution in [2.75, 3.05) is 167 Å². The Morgan fingerprint density at radius 2 is 0.797 bits per heavy atom. The van der Waals surface area contributed by atoms with Gasteiger partial charge in [0.25, 0.3) is 0 Å². The zero-order chi connectivity index (χ0) is 94.6. The summed E-state index contributed by atoms with van der Waals surface area (Å²) in [4.78, 5) is 29.6. The maximum atomic E-state index is 5.49. The van der Waals surface area contributed by atoms with Crippen LogP contribution >= 0.6 is 0 Å². The quantitative estimate of drug-likeness (QED) is 0.0554. The van der Waals surface area contributed by atoms with E-state index in [0.29, 0.717) is 12.5 Å². The van der Waals surface area contributed by atoms with Gasteiger partial charge in [0, 0.05) is 155 Å². The van der Waals surface area contributed by atoms with E-state index in [9.17, 15) is 0 Å². The predicted molar refractivity (Wildman–Crippen MR) is 564 cm³/mol. The average Bonchev–Trinajstić information content (AvgIpc) is 1.69. The Hall–Kier alpha value is -3.36. The molecule has 11 unspecified atom stereocenters. The van der Waals surface area contributed by atoms with Crippen LogP contribution in [0.1, 0.15) is 394 Å². The molecule has 0 N–H and O–H groups in total. The highest BCUT2D eigenvalue weighted by Crippen LogP contribution is 2.32. The smallest absolute Gasteiger partial charge is 0.120 e. The summed E-state index contributed by atoms with van der Waals surface area (Å²) in [6.45, 7) is 72.0. The van der Waals surface area contributed by atoms with E-state index in [4.69, 9.17) is 18.9 Å². The fraction of sp³-hybridized carbons (Fsp3) is 0.857. The van der Waals surface area contributed by atoms with Crippen LogP contribution in [0.15, 0.2) is 98.2 Å². The van der Waals surface area contributed by atoms with Crippen molar-refractivity contribution in [2.24, 2.45) is 0 Å². The van der Waals surface area contributed by atoms with Crippen LogP contribution in [0.3, 0.4) is 0 Å². The largest absolute Gasteiger partial charge is 0.375 e. The van der Waals surface area contributed by atoms with Gasteiger partial charge in [0.05, 0.1) is 6.73 Å². The summed E-state index contributed by atoms with van der Waals surface area (Å²) in [5.74, 6) is 0. The lowest BCUT2D eigenvalue weighted by Gasteiger charge is -2.33. The average molecular weight is 1800 g/mol. The van der Waals surface area contributed by atoms with Gasteiger partial charge in [-0.25, -0.2) is 0 Å². The summed E-state index contributed by atoms with van der Waals surface area (Å²) in [7, 11) is 9.27. The van der Waals surface area contributed by atoms with Gasteiger partial charge in [-0.3, -0.25) is 39.2 Å². The molecule has 12 fully saturated rings. The number of nitrogens with zero attached hydrogens (tertiary/aromatic N) is 12. The van der Waals surface area contributed by atoms with E-state index in [1.54, 1.807) is 21.3 Å². The molecule has 11 atom stereocenters. The molecule has 0 bridgehead atoms. The molecule has 0 spiro atoms. The molecule has 0 aromatic heterocycles. The van der Waals surface area contributed by atoms with E-state index in [0.717, 1.165) is 100 Å². The first-order chi connectivity index (χ1) is 62.2. The van der Waals surface area contributed by atoms with Gasteiger partial charge in [-0.05, 0) is 350 Å². The van der Waals surface area contributed by atoms with Crippen LogP contribution in [-0.2, 0) is 18.9 Å². The molecule has 0 aromatic carbocycles. The van der Waals surface area contributed by atoms with Crippen LogP contribution in [0.25, 0.3) is 0 Å². The van der Waals surface area contributed by atoms with Crippen molar-refractivity contribution in [3.63, 3.8) is 0 Å². The zero-order valence-electron chi connectivity index (χ0n) is 89.5. The Bertz CT molecular complexity index is 2670. The van der Waals surface area contributed by atoms with Crippen LogP contribution in [0, 0.1) is 0 Å². The minimum absolute atomic E-state index is 0.0694. The standard InChI is InChI=1S/C12H23N.2C11H21N.2C10H19N.C9H19NO.2C9H17N.2C8H17NO.C8H15N.C7H15NO/c1-3-5-8-12-9-7-11-13(12)10-6-4-2;1-3-5-7-11-8-6-10-12(11)9-4-2;1-3-5-9-12-10-6-8-11(12)7-4-2;1-3-5-8-11-9-6-7-10(11)4-2;1-2-3-4-5-8-11-9-6-7-10-11;1-4-9-6-5-7-10(9)8(2)11-3;1-3-4-7-10-8-5-6-9(10)2;1-2-3-4-7-10-8-5-6-9-10;1-7-5-4-6-9(7)8(2)10-3;1-4-8(10-3)6-5-7-9(8)2;1-8(2)7-9-5-3-4-6-9;1-7-4-3-5-8(7)6-9-2/h6,10,12H,3-5,7-9,11H2,1-2H3;4,11H,2-3,5-10H2,1H3;5,9,11H,3-4,6-8,10H2,1-2H3;5,8,10H,3-4,6-7,9H2,1-2H3;4-5H,2-3,6-10H2,1H3;8-9H,4-7H2,1-3H3;4,7,9H,3,5-6,8H2,1-2H3;3-4H,2,5-9H2,1H3;7-8H,4-6H2,1-3H3;4-7H2,1-3H3;1,3-7H2,2H3;7H,3-6H2,1-2H3. The number of ether oxygens (including phenoxy) is 4. The molecule has 16 nitrogen and oxygen atoms in total. The number of allylic oxidation sites excluding steroid dienone is 6. The molecule has 12 aliphatic heterocycles. The van der Waals surface area contributed by atoms with Crippen LogP contribution < -0.4 is 0 Å². The highest BCUT2D eigenvalue weighted by atomic mass is 16.5. The third-order valence-electron chi connectivity index (χ3n) is 28.4. The lowest BCUT2D eigenvalue weighted by atomic mass is 10.1. The summed E-state index contributed by atoms with van der Waals surface area (Å²) in [5, 5.41) is 0. The number of hydrogen-bond acceptors (Lipinski definition) is 16. The van der Waals surface area contributed by atoms with Crippen molar-refractivity contribution in [1.29, 1.82) is 0 Å². The van der Waals surface area contributed by atoms with E-state index in [-0.39, 0.29) is 5.72 Å². The highest BCUT2D eigenvalue weighted by Gasteiger charge is 2.37. The monoisotopic (exact) mass is 1800 g/mol. The molecule has 0 aromatic rings. The van der Waals surface area contributed by atoms with Crippen molar-refractivity contribution < 1.29 is 18.9 Å². The molecule has 128 heavy (non-hydrogen) atoms. The van der Waals surface area contributed by atoms with Crippen LogP contribution in [0.2, 0.25) is 0 Å². The van der Waals surface area contributed by atoms with Gasteiger partial charge >= 0.3 is 0 Å². The molecule has 0 aliphatic carbocycles. The maximum Gasteiger partial charge on any atom is 0.120 e. The normalized spacial score (nSPS) is 25.7. The first-order valence-electron chi connectivity index (χ1n) is 54.4. The molecule has 16 heteroatoms. The van der Waals surface area contributed by atoms with Crippen LogP contribution in [0.4, 0.5) is 0 Å². The SMILES string of the molecule is C=C(C)CN1CCCC1.C=CCN1CCCC1CCCC.CCC1(OC)CCCN1C.CCC1CCCN1C(C)OC.CCC=CCN1CCCC1.CCC=CN1CCCC1C.CCC=CN1CCCC1CC.CCC=CN1CCCC1CCC.CCC=CN1CCCC1CCCC.CCCC=CCN1CCCC1.COC(C)N1CCCC1C.COCN1CCCC1C. The molecule has 12 rings (SSSR count). The van der Waals surface area contributed by atoms with Gasteiger partial charge in [0.15, 0.2) is 0 Å². The maximum absolute atomic E-state index is 5.49. The summed E-state index contributed by atoms with van der Waals surface area (Å²) >= 11 is 0. The highest BCUT2D eigenvalue weighted by molar-refractivity contribution is 4.96. The van der Waals surface area contributed by atoms with Crippen molar-refractivity contribution in [3.05, 3.63) is 98.2 Å². The van der Waals surface area contributed by atoms with E-state index >= 15 is 0 Å². The van der Waals surface area contributed by atoms with Gasteiger partial charge in [-0.2, -0.15) is 0 Å². The molecular weight excluding hydrogens is 1580 g/mol. The first-order valence-corrected chi connectivity index (χ1v) is 54.4. The van der Waals surface area contributed by atoms with Gasteiger partial charge in [0.2, 0.25) is 0 Å². The predicted octanol–water partition coefficient (Wildman–Crippen LogP) is 26.7. The van der Waals surface area contributed by atoms with Gasteiger partial charge in [-0.1, -0.05) is 188 Å². The number of methoxy groups -OCH3 is 4. The summed E-state index contributed by atoms with van der Waals surface area (Å²) in [6, 6.07) is 6.40. The number of likely N-dealkylation sites (tertiary alicyclic amines) is 12. The van der Waals surface area contributed by atoms with Crippen molar-refractivity contribution in [3.8, 4) is 0 Å². The van der Waals surface area contributed by atoms with E-state index in [1.165, 1.54) is 354 Å². The molecule has 752 valence electrons. The third kappa shape index (κ3) is 55.6. The fourth-order valence-corrected chi connectivity index (χ4v) is 20.1. The van der Waals surface area contributed by atoms with Crippen LogP contribution in [0.5, 0.6) is 0 Å². The second-order valence-corrected chi connectivity index (χ2v) is 38.8. The topological polar surface area (TPSA) is 75.8 Å². The second kappa shape index (κ2) is 81.9. The molecule has 0 amide bonds. The summed E-state index contributed by atoms with van der Waals surface area (Å²) in [6.07, 6.45) is 85.7. The van der Waals surface area contributed by atoms with Crippen molar-refractivity contribution in [2.45, 2.75) is 461 Å². The molecular formula is C112H220N12O4. The Balaban J connectivity index is 0.000000699. The second-order valence-electron chi connectivity index (χ2n) is 38.8. The molecule has 12 saturated heterocycles. The fourth-order valence-electron chi connectivity index (χ4n) is 20.1. The van der Waals surface area contributed by atoms with Crippen molar-refractivity contribution in [1.82, 2.24) is 58.8 Å². The third-order valence-corrected chi connectivity index (χ3v) is 28.4.